The van der Waals surface area contributed by atoms with Crippen LogP contribution >= 0.6 is 0 Å². The van der Waals surface area contributed by atoms with Gasteiger partial charge in [0.25, 0.3) is 0 Å². The highest BCUT2D eigenvalue weighted by Crippen LogP contribution is 2.15. The topological polar surface area (TPSA) is 96.7 Å². The number of nitrogens with zero attached hydrogens (tertiary/aromatic N) is 2. The molecule has 0 radical (unpaired) electrons. The molecule has 0 fully saturated rings. The lowest BCUT2D eigenvalue weighted by atomic mass is 9.98. The Morgan fingerprint density at radius 3 is 2.81 bits per heavy atom. The first-order valence-corrected chi connectivity index (χ1v) is 6.91. The molecule has 0 bridgehead atoms. The summed E-state index contributed by atoms with van der Waals surface area (Å²) < 4.78 is 5.52. The highest BCUT2D eigenvalue weighted by Gasteiger charge is 2.16. The molecule has 6 heteroatoms. The minimum absolute atomic E-state index is 0.176. The van der Waals surface area contributed by atoms with Gasteiger partial charge in [0.15, 0.2) is 0 Å². The average molecular weight is 288 g/mol. The van der Waals surface area contributed by atoms with Crippen LogP contribution in [0.2, 0.25) is 0 Å². The molecule has 21 heavy (non-hydrogen) atoms. The number of hydrogen-bond acceptors (Lipinski definition) is 5. The smallest absolute Gasteiger partial charge is 0.208 e. The van der Waals surface area contributed by atoms with Gasteiger partial charge in [0.2, 0.25) is 5.89 Å². The highest BCUT2D eigenvalue weighted by molar-refractivity contribution is 5.87. The van der Waals surface area contributed by atoms with Crippen LogP contribution in [0.15, 0.2) is 46.1 Å². The third-order valence-electron chi connectivity index (χ3n) is 3.25. The lowest BCUT2D eigenvalue weighted by Crippen LogP contribution is -2.31. The van der Waals surface area contributed by atoms with Crippen LogP contribution in [0.1, 0.15) is 30.1 Å². The normalized spacial score (nSPS) is 13.3. The van der Waals surface area contributed by atoms with E-state index in [-0.39, 0.29) is 11.8 Å². The fraction of sp³-hybridized carbons (Fsp3) is 0.333. The molecule has 0 aliphatic heterocycles. The van der Waals surface area contributed by atoms with Crippen LogP contribution < -0.4 is 11.1 Å². The van der Waals surface area contributed by atoms with E-state index < -0.39 is 0 Å². The molecule has 112 valence electrons. The molecule has 0 spiro atoms. The largest absolute Gasteiger partial charge is 0.444 e. The maximum Gasteiger partial charge on any atom is 0.208 e. The summed E-state index contributed by atoms with van der Waals surface area (Å²) in [5.74, 6) is 1.48. The van der Waals surface area contributed by atoms with Crippen LogP contribution in [0.5, 0.6) is 0 Å². The fourth-order valence-electron chi connectivity index (χ4n) is 2.06. The first-order chi connectivity index (χ1) is 10.2. The Hall–Kier alpha value is -2.34. The van der Waals surface area contributed by atoms with Gasteiger partial charge in [-0.3, -0.25) is 0 Å². The van der Waals surface area contributed by atoms with Crippen molar-refractivity contribution in [1.29, 1.82) is 0 Å². The molecule has 4 N–H and O–H groups in total. The number of hydrogen-bond donors (Lipinski definition) is 3. The van der Waals surface area contributed by atoms with E-state index in [2.05, 4.69) is 15.5 Å². The summed E-state index contributed by atoms with van der Waals surface area (Å²) in [5, 5.41) is 15.3. The number of nitrogens with one attached hydrogen (secondary N) is 1. The Morgan fingerprint density at radius 2 is 2.19 bits per heavy atom. The lowest BCUT2D eigenvalue weighted by Gasteiger charge is -2.16. The zero-order valence-corrected chi connectivity index (χ0v) is 12.0. The summed E-state index contributed by atoms with van der Waals surface area (Å²) in [6, 6.07) is 9.68. The molecular weight excluding hydrogens is 268 g/mol. The molecule has 2 aromatic rings. The van der Waals surface area contributed by atoms with Gasteiger partial charge < -0.3 is 20.7 Å². The van der Waals surface area contributed by atoms with Crippen LogP contribution in [0.4, 0.5) is 0 Å². The number of benzene rings is 1. The molecule has 1 atom stereocenters. The van der Waals surface area contributed by atoms with Gasteiger partial charge in [-0.25, -0.2) is 4.98 Å². The van der Waals surface area contributed by atoms with Crippen molar-refractivity contribution in [3.8, 4) is 0 Å². The van der Waals surface area contributed by atoms with Gasteiger partial charge in [0, 0.05) is 13.0 Å². The highest BCUT2D eigenvalue weighted by atomic mass is 16.4. The minimum atomic E-state index is -0.197. The van der Waals surface area contributed by atoms with Gasteiger partial charge in [-0.15, -0.1) is 0 Å². The van der Waals surface area contributed by atoms with Crippen molar-refractivity contribution in [3.05, 3.63) is 53.7 Å². The number of nitrogens with two attached hydrogens (primary N) is 1. The monoisotopic (exact) mass is 288 g/mol. The summed E-state index contributed by atoms with van der Waals surface area (Å²) in [6.07, 6.45) is 2.55. The molecule has 0 saturated heterocycles. The quantitative estimate of drug-likeness (QED) is 0.313. The van der Waals surface area contributed by atoms with Gasteiger partial charge in [-0.2, -0.15) is 0 Å². The van der Waals surface area contributed by atoms with Crippen LogP contribution in [-0.4, -0.2) is 22.6 Å². The third kappa shape index (κ3) is 4.06. The Kier molecular flexibility index (Phi) is 5.34. The van der Waals surface area contributed by atoms with E-state index in [1.807, 2.05) is 37.3 Å². The first kappa shape index (κ1) is 15.1. The number of oxazole rings is 1. The minimum Gasteiger partial charge on any atom is -0.444 e. The summed E-state index contributed by atoms with van der Waals surface area (Å²) in [6.45, 7) is 3.05. The maximum absolute atomic E-state index is 8.92. The van der Waals surface area contributed by atoms with Crippen molar-refractivity contribution < 1.29 is 9.62 Å². The molecule has 2 rings (SSSR count). The molecular formula is C15H20N4O2. The van der Waals surface area contributed by atoms with E-state index in [0.717, 1.165) is 17.7 Å². The fourth-order valence-corrected chi connectivity index (χ4v) is 2.06. The third-order valence-corrected chi connectivity index (χ3v) is 3.25. The van der Waals surface area contributed by atoms with E-state index in [0.29, 0.717) is 19.0 Å². The average Bonchev–Trinajstić information content (AvgIpc) is 2.99. The molecule has 1 heterocycles. The lowest BCUT2D eigenvalue weighted by molar-refractivity contribution is 0.315. The predicted octanol–water partition coefficient (Wildman–Crippen LogP) is 1.86. The van der Waals surface area contributed by atoms with Crippen molar-refractivity contribution in [2.45, 2.75) is 25.8 Å². The summed E-state index contributed by atoms with van der Waals surface area (Å²) >= 11 is 0. The Balaban J connectivity index is 1.97. The summed E-state index contributed by atoms with van der Waals surface area (Å²) in [7, 11) is 0. The van der Waals surface area contributed by atoms with Crippen molar-refractivity contribution in [1.82, 2.24) is 10.3 Å². The molecule has 0 aliphatic rings. The SMILES string of the molecule is CCc1cnc(CNCC(/C(N)=N/O)c2ccccc2)o1. The Morgan fingerprint density at radius 1 is 1.43 bits per heavy atom. The van der Waals surface area contributed by atoms with E-state index >= 15 is 0 Å². The summed E-state index contributed by atoms with van der Waals surface area (Å²) in [4.78, 5) is 4.18. The van der Waals surface area contributed by atoms with Crippen molar-refractivity contribution in [2.24, 2.45) is 10.9 Å². The number of amidine groups is 1. The van der Waals surface area contributed by atoms with E-state index in [1.165, 1.54) is 0 Å². The molecule has 6 nitrogen and oxygen atoms in total. The van der Waals surface area contributed by atoms with Gasteiger partial charge >= 0.3 is 0 Å². The van der Waals surface area contributed by atoms with Crippen molar-refractivity contribution in [2.75, 3.05) is 6.54 Å². The van der Waals surface area contributed by atoms with Crippen LogP contribution in [0.25, 0.3) is 0 Å². The standard InChI is InChI=1S/C15H20N4O2/c1-2-12-8-18-14(21-12)10-17-9-13(15(16)19-20)11-6-4-3-5-7-11/h3-8,13,17,20H,2,9-10H2,1H3,(H2,16,19). The number of aryl methyl sites for hydroxylation is 1. The van der Waals surface area contributed by atoms with E-state index in [9.17, 15) is 0 Å². The Labute approximate surface area is 123 Å². The maximum atomic E-state index is 8.92. The van der Waals surface area contributed by atoms with Gasteiger partial charge in [0.1, 0.15) is 11.6 Å². The second-order valence-electron chi connectivity index (χ2n) is 4.69. The van der Waals surface area contributed by atoms with Gasteiger partial charge in [-0.05, 0) is 5.56 Å². The molecule has 1 aromatic carbocycles. The second-order valence-corrected chi connectivity index (χ2v) is 4.69. The zero-order chi connectivity index (χ0) is 15.1. The summed E-state index contributed by atoms with van der Waals surface area (Å²) in [5.41, 5.74) is 6.76. The number of oxime groups is 1. The van der Waals surface area contributed by atoms with E-state index in [1.54, 1.807) is 6.20 Å². The molecule has 1 aromatic heterocycles. The Bertz CT molecular complexity index is 580. The van der Waals surface area contributed by atoms with Crippen molar-refractivity contribution in [3.63, 3.8) is 0 Å². The van der Waals surface area contributed by atoms with E-state index in [4.69, 9.17) is 15.4 Å². The van der Waals surface area contributed by atoms with Crippen molar-refractivity contribution >= 4 is 5.84 Å². The zero-order valence-electron chi connectivity index (χ0n) is 12.0. The predicted molar refractivity (Wildman–Crippen MR) is 80.2 cm³/mol. The van der Waals surface area contributed by atoms with Crippen LogP contribution in [0, 0.1) is 0 Å². The molecule has 1 unspecified atom stereocenters. The van der Waals surface area contributed by atoms with Crippen LogP contribution in [0.3, 0.4) is 0 Å². The molecule has 0 saturated carbocycles. The van der Waals surface area contributed by atoms with Gasteiger partial charge in [-0.1, -0.05) is 42.4 Å². The number of aromatic nitrogens is 1. The first-order valence-electron chi connectivity index (χ1n) is 6.91. The van der Waals surface area contributed by atoms with Gasteiger partial charge in [0.05, 0.1) is 18.7 Å². The molecule has 0 amide bonds. The second kappa shape index (κ2) is 7.44. The number of rotatable bonds is 7. The molecule has 0 aliphatic carbocycles. The van der Waals surface area contributed by atoms with Crippen LogP contribution in [-0.2, 0) is 13.0 Å².